The molecule has 0 aliphatic carbocycles. The van der Waals surface area contributed by atoms with Gasteiger partial charge in [0, 0.05) is 18.0 Å². The molecule has 1 amide bonds. The Bertz CT molecular complexity index is 829. The molecule has 2 N–H and O–H groups in total. The van der Waals surface area contributed by atoms with Crippen LogP contribution in [0.3, 0.4) is 0 Å². The second kappa shape index (κ2) is 4.68. The van der Waals surface area contributed by atoms with E-state index in [9.17, 15) is 4.79 Å². The molecule has 102 valence electrons. The highest BCUT2D eigenvalue weighted by molar-refractivity contribution is 7.17. The predicted molar refractivity (Wildman–Crippen MR) is 83.0 cm³/mol. The van der Waals surface area contributed by atoms with Crippen molar-refractivity contribution in [3.8, 4) is 10.6 Å². The van der Waals surface area contributed by atoms with Crippen molar-refractivity contribution in [3.05, 3.63) is 53.7 Å². The van der Waals surface area contributed by atoms with Gasteiger partial charge in [0.15, 0.2) is 5.82 Å². The number of nitrogens with zero attached hydrogens (tertiary/aromatic N) is 2. The van der Waals surface area contributed by atoms with Gasteiger partial charge in [0.2, 0.25) is 0 Å². The van der Waals surface area contributed by atoms with Crippen LogP contribution in [0.4, 0.5) is 17.2 Å². The Morgan fingerprint density at radius 3 is 2.43 bits per heavy atom. The van der Waals surface area contributed by atoms with Gasteiger partial charge in [-0.1, -0.05) is 12.1 Å². The summed E-state index contributed by atoms with van der Waals surface area (Å²) in [5, 5.41) is 6.92. The van der Waals surface area contributed by atoms with Crippen LogP contribution in [0.25, 0.3) is 10.6 Å². The van der Waals surface area contributed by atoms with Crippen molar-refractivity contribution in [1.82, 2.24) is 9.97 Å². The zero-order valence-electron chi connectivity index (χ0n) is 10.8. The molecule has 0 saturated heterocycles. The first kappa shape index (κ1) is 12.0. The molecule has 3 aromatic rings. The van der Waals surface area contributed by atoms with Gasteiger partial charge in [-0.3, -0.25) is 9.78 Å². The number of nitrogens with one attached hydrogen (secondary N) is 2. The highest BCUT2D eigenvalue weighted by Crippen LogP contribution is 2.37. The predicted octanol–water partition coefficient (Wildman–Crippen LogP) is 3.51. The van der Waals surface area contributed by atoms with Crippen LogP contribution in [0.5, 0.6) is 0 Å². The van der Waals surface area contributed by atoms with Crippen LogP contribution < -0.4 is 10.6 Å². The Hall–Kier alpha value is -2.73. The number of fused-ring (bicyclic) bond motifs is 2. The second-order valence-electron chi connectivity index (χ2n) is 4.56. The van der Waals surface area contributed by atoms with Crippen molar-refractivity contribution in [1.29, 1.82) is 0 Å². The van der Waals surface area contributed by atoms with Crippen molar-refractivity contribution in [2.24, 2.45) is 0 Å². The summed E-state index contributed by atoms with van der Waals surface area (Å²) in [7, 11) is 0. The first-order chi connectivity index (χ1) is 10.3. The Morgan fingerprint density at radius 1 is 0.952 bits per heavy atom. The molecule has 0 unspecified atom stereocenters. The van der Waals surface area contributed by atoms with E-state index >= 15 is 0 Å². The first-order valence-electron chi connectivity index (χ1n) is 6.40. The molecular formula is C15H10N4OS. The average molecular weight is 294 g/mol. The number of hydrogen-bond acceptors (Lipinski definition) is 5. The Morgan fingerprint density at radius 2 is 1.67 bits per heavy atom. The minimum atomic E-state index is -0.139. The van der Waals surface area contributed by atoms with Crippen LogP contribution in [-0.2, 0) is 0 Å². The van der Waals surface area contributed by atoms with Crippen LogP contribution >= 0.6 is 11.3 Å². The Balaban J connectivity index is 1.82. The average Bonchev–Trinajstić information content (AvgIpc) is 2.89. The lowest BCUT2D eigenvalue weighted by Gasteiger charge is -2.06. The third kappa shape index (κ3) is 2.05. The smallest absolute Gasteiger partial charge is 0.269 e. The van der Waals surface area contributed by atoms with Crippen LogP contribution in [0.2, 0.25) is 0 Å². The molecule has 6 heteroatoms. The van der Waals surface area contributed by atoms with Gasteiger partial charge in [-0.25, -0.2) is 4.98 Å². The second-order valence-corrected chi connectivity index (χ2v) is 5.56. The maximum atomic E-state index is 12.3. The Kier molecular flexibility index (Phi) is 2.68. The van der Waals surface area contributed by atoms with E-state index in [4.69, 9.17) is 0 Å². The molecule has 0 fully saturated rings. The van der Waals surface area contributed by atoms with Crippen LogP contribution in [0.1, 0.15) is 9.67 Å². The van der Waals surface area contributed by atoms with Crippen molar-refractivity contribution in [2.75, 3.05) is 10.6 Å². The van der Waals surface area contributed by atoms with Gasteiger partial charge < -0.3 is 10.6 Å². The number of pyridine rings is 1. The summed E-state index contributed by atoms with van der Waals surface area (Å²) < 4.78 is 0. The molecule has 0 bridgehead atoms. The van der Waals surface area contributed by atoms with Gasteiger partial charge >= 0.3 is 0 Å². The standard InChI is InChI=1S/C15H10N4OS/c20-14-12-13(17-10-3-1-2-4-11(10)18-14)19-15(21-12)9-5-7-16-8-6-9/h1-8,17H,(H,18,20). The number of anilines is 3. The summed E-state index contributed by atoms with van der Waals surface area (Å²) in [6.07, 6.45) is 3.43. The summed E-state index contributed by atoms with van der Waals surface area (Å²) in [4.78, 5) is 21.4. The van der Waals surface area contributed by atoms with E-state index in [-0.39, 0.29) is 5.91 Å². The molecule has 0 saturated carbocycles. The molecular weight excluding hydrogens is 284 g/mol. The zero-order valence-corrected chi connectivity index (χ0v) is 11.6. The van der Waals surface area contributed by atoms with E-state index in [0.29, 0.717) is 10.7 Å². The van der Waals surface area contributed by atoms with Gasteiger partial charge in [0.1, 0.15) is 9.88 Å². The van der Waals surface area contributed by atoms with Crippen LogP contribution in [0.15, 0.2) is 48.8 Å². The lowest BCUT2D eigenvalue weighted by atomic mass is 10.2. The van der Waals surface area contributed by atoms with E-state index in [1.54, 1.807) is 12.4 Å². The molecule has 1 aromatic carbocycles. The number of thiazole rings is 1. The fourth-order valence-electron chi connectivity index (χ4n) is 2.18. The van der Waals surface area contributed by atoms with E-state index < -0.39 is 0 Å². The maximum absolute atomic E-state index is 12.3. The van der Waals surface area contributed by atoms with Crippen molar-refractivity contribution >= 4 is 34.4 Å². The number of amides is 1. The summed E-state index contributed by atoms with van der Waals surface area (Å²) in [6, 6.07) is 11.3. The molecule has 1 aliphatic heterocycles. The quantitative estimate of drug-likeness (QED) is 0.720. The first-order valence-corrected chi connectivity index (χ1v) is 7.21. The number of hydrogen-bond donors (Lipinski definition) is 2. The number of benzene rings is 1. The topological polar surface area (TPSA) is 66.9 Å². The van der Waals surface area contributed by atoms with Crippen LogP contribution in [0, 0.1) is 0 Å². The third-order valence-electron chi connectivity index (χ3n) is 3.19. The molecule has 21 heavy (non-hydrogen) atoms. The molecule has 4 rings (SSSR count). The summed E-state index contributed by atoms with van der Waals surface area (Å²) in [5.74, 6) is 0.453. The minimum absolute atomic E-state index is 0.139. The van der Waals surface area contributed by atoms with E-state index in [0.717, 1.165) is 21.9 Å². The molecule has 3 heterocycles. The number of carbonyl (C=O) groups is 1. The van der Waals surface area contributed by atoms with E-state index in [1.807, 2.05) is 36.4 Å². The van der Waals surface area contributed by atoms with E-state index in [2.05, 4.69) is 20.6 Å². The highest BCUT2D eigenvalue weighted by atomic mass is 32.1. The van der Waals surface area contributed by atoms with Gasteiger partial charge in [-0.2, -0.15) is 0 Å². The third-order valence-corrected chi connectivity index (χ3v) is 4.29. The summed E-state index contributed by atoms with van der Waals surface area (Å²) in [6.45, 7) is 0. The normalized spacial score (nSPS) is 12.7. The number of para-hydroxylation sites is 2. The highest BCUT2D eigenvalue weighted by Gasteiger charge is 2.23. The fraction of sp³-hybridized carbons (Fsp3) is 0. The van der Waals surface area contributed by atoms with Gasteiger partial charge in [-0.15, -0.1) is 11.3 Å². The van der Waals surface area contributed by atoms with Crippen LogP contribution in [-0.4, -0.2) is 15.9 Å². The largest absolute Gasteiger partial charge is 0.337 e. The zero-order chi connectivity index (χ0) is 14.2. The van der Waals surface area contributed by atoms with E-state index in [1.165, 1.54) is 11.3 Å². The van der Waals surface area contributed by atoms with Gasteiger partial charge in [0.05, 0.1) is 11.4 Å². The minimum Gasteiger partial charge on any atom is -0.337 e. The number of rotatable bonds is 1. The summed E-state index contributed by atoms with van der Waals surface area (Å²) in [5.41, 5.74) is 2.56. The lowest BCUT2D eigenvalue weighted by molar-refractivity contribution is 0.103. The SMILES string of the molecule is O=C1Nc2ccccc2Nc2nc(-c3ccncc3)sc21. The molecule has 1 aliphatic rings. The molecule has 2 aromatic heterocycles. The van der Waals surface area contributed by atoms with Crippen molar-refractivity contribution < 1.29 is 4.79 Å². The van der Waals surface area contributed by atoms with Crippen molar-refractivity contribution in [3.63, 3.8) is 0 Å². The fourth-order valence-corrected chi connectivity index (χ4v) is 3.11. The summed E-state index contributed by atoms with van der Waals surface area (Å²) >= 11 is 1.37. The molecule has 0 radical (unpaired) electrons. The Labute approximate surface area is 124 Å². The maximum Gasteiger partial charge on any atom is 0.269 e. The monoisotopic (exact) mass is 294 g/mol. The molecule has 0 atom stereocenters. The lowest BCUT2D eigenvalue weighted by Crippen LogP contribution is -2.08. The number of aromatic nitrogens is 2. The van der Waals surface area contributed by atoms with Crippen molar-refractivity contribution in [2.45, 2.75) is 0 Å². The van der Waals surface area contributed by atoms with Gasteiger partial charge in [0.25, 0.3) is 5.91 Å². The molecule has 5 nitrogen and oxygen atoms in total. The number of carbonyl (C=O) groups excluding carboxylic acids is 1. The molecule has 0 spiro atoms. The van der Waals surface area contributed by atoms with Gasteiger partial charge in [-0.05, 0) is 24.3 Å².